The molecular weight excluding hydrogens is 472 g/mol. The zero-order valence-corrected chi connectivity index (χ0v) is 17.6. The van der Waals surface area contributed by atoms with Gasteiger partial charge in [-0.15, -0.1) is 0 Å². The summed E-state index contributed by atoms with van der Waals surface area (Å²) in [5.41, 5.74) is 2.63. The van der Waals surface area contributed by atoms with Crippen LogP contribution >= 0.6 is 31.9 Å². The van der Waals surface area contributed by atoms with E-state index in [-0.39, 0.29) is 5.78 Å². The quantitative estimate of drug-likeness (QED) is 0.281. The van der Waals surface area contributed by atoms with Crippen LogP contribution in [0.25, 0.3) is 0 Å². The average Bonchev–Trinajstić information content (AvgIpc) is 2.71. The Morgan fingerprint density at radius 2 is 1.19 bits per heavy atom. The lowest BCUT2D eigenvalue weighted by molar-refractivity contribution is 0.101. The molecule has 0 amide bonds. The fourth-order valence-corrected chi connectivity index (χ4v) is 3.02. The highest BCUT2D eigenvalue weighted by molar-refractivity contribution is 9.25. The van der Waals surface area contributed by atoms with E-state index in [0.717, 1.165) is 11.1 Å². The van der Waals surface area contributed by atoms with Crippen molar-refractivity contribution in [2.45, 2.75) is 17.0 Å². The third-order valence-electron chi connectivity index (χ3n) is 3.86. The first-order valence-corrected chi connectivity index (χ1v) is 10.3. The summed E-state index contributed by atoms with van der Waals surface area (Å²) in [6, 6.07) is 25.0. The monoisotopic (exact) mass is 488 g/mol. The van der Waals surface area contributed by atoms with Crippen molar-refractivity contribution in [3.63, 3.8) is 0 Å². The van der Waals surface area contributed by atoms with Gasteiger partial charge in [-0.2, -0.15) is 0 Å². The van der Waals surface area contributed by atoms with Gasteiger partial charge in [0.05, 0.1) is 0 Å². The van der Waals surface area contributed by atoms with Crippen molar-refractivity contribution in [2.75, 3.05) is 0 Å². The van der Waals surface area contributed by atoms with Crippen LogP contribution in [0.4, 0.5) is 0 Å². The molecule has 0 aliphatic heterocycles. The van der Waals surface area contributed by atoms with Crippen molar-refractivity contribution < 1.29 is 14.3 Å². The lowest BCUT2D eigenvalue weighted by Crippen LogP contribution is -2.08. The smallest absolute Gasteiger partial charge is 0.187 e. The van der Waals surface area contributed by atoms with E-state index in [1.807, 2.05) is 60.7 Å². The Labute approximate surface area is 175 Å². The summed E-state index contributed by atoms with van der Waals surface area (Å²) in [6.07, 6.45) is 0. The molecule has 0 spiro atoms. The fraction of sp³-hybridized carbons (Fsp3) is 0.136. The van der Waals surface area contributed by atoms with Crippen molar-refractivity contribution >= 4 is 37.6 Å². The lowest BCUT2D eigenvalue weighted by Gasteiger charge is -2.13. The molecule has 3 aromatic rings. The SMILES string of the molecule is O=C(c1cc(OCc2ccccc2)cc(OCc2ccccc2)c1)C(Br)Br. The van der Waals surface area contributed by atoms with Crippen LogP contribution in [0.3, 0.4) is 0 Å². The summed E-state index contributed by atoms with van der Waals surface area (Å²) in [5.74, 6) is 1.09. The molecule has 0 N–H and O–H groups in total. The zero-order chi connectivity index (χ0) is 19.1. The molecule has 0 bridgehead atoms. The standard InChI is InChI=1S/C22H18Br2O3/c23-22(24)21(25)18-11-19(26-14-16-7-3-1-4-8-16)13-20(12-18)27-15-17-9-5-2-6-10-17/h1-13,22H,14-15H2. The lowest BCUT2D eigenvalue weighted by atomic mass is 10.1. The number of carbonyl (C=O) groups excluding carboxylic acids is 1. The first-order valence-electron chi connectivity index (χ1n) is 8.43. The molecule has 0 aliphatic carbocycles. The first kappa shape index (κ1) is 19.6. The number of carbonyl (C=O) groups is 1. The maximum Gasteiger partial charge on any atom is 0.187 e. The van der Waals surface area contributed by atoms with E-state index in [9.17, 15) is 4.79 Å². The Hall–Kier alpha value is -2.11. The van der Waals surface area contributed by atoms with Crippen LogP contribution in [0, 0.1) is 0 Å². The van der Waals surface area contributed by atoms with Crippen LogP contribution < -0.4 is 9.47 Å². The van der Waals surface area contributed by atoms with E-state index in [0.29, 0.717) is 30.3 Å². The number of hydrogen-bond donors (Lipinski definition) is 0. The molecule has 0 atom stereocenters. The summed E-state index contributed by atoms with van der Waals surface area (Å²) in [4.78, 5) is 12.4. The largest absolute Gasteiger partial charge is 0.489 e. The molecule has 0 saturated carbocycles. The summed E-state index contributed by atoms with van der Waals surface area (Å²) < 4.78 is 11.3. The number of alkyl halides is 2. The maximum absolute atomic E-state index is 12.4. The second-order valence-electron chi connectivity index (χ2n) is 5.91. The molecular formula is C22H18Br2O3. The minimum Gasteiger partial charge on any atom is -0.489 e. The van der Waals surface area contributed by atoms with Gasteiger partial charge in [0.2, 0.25) is 0 Å². The first-order chi connectivity index (χ1) is 13.1. The van der Waals surface area contributed by atoms with E-state index < -0.39 is 3.74 Å². The molecule has 138 valence electrons. The molecule has 0 heterocycles. The molecule has 3 aromatic carbocycles. The molecule has 0 radical (unpaired) electrons. The topological polar surface area (TPSA) is 35.5 Å². The van der Waals surface area contributed by atoms with Crippen LogP contribution in [-0.2, 0) is 13.2 Å². The third-order valence-corrected chi connectivity index (χ3v) is 4.69. The van der Waals surface area contributed by atoms with Gasteiger partial charge in [-0.3, -0.25) is 4.79 Å². The highest BCUT2D eigenvalue weighted by Gasteiger charge is 2.16. The molecule has 3 nitrogen and oxygen atoms in total. The second-order valence-corrected chi connectivity index (χ2v) is 8.97. The van der Waals surface area contributed by atoms with Crippen molar-refractivity contribution in [1.82, 2.24) is 0 Å². The summed E-state index contributed by atoms with van der Waals surface area (Å²) >= 11 is 6.53. The molecule has 0 fully saturated rings. The third kappa shape index (κ3) is 5.94. The number of Topliss-reactive ketones (excluding diaryl/α,β-unsaturated/α-hetero) is 1. The highest BCUT2D eigenvalue weighted by atomic mass is 79.9. The Morgan fingerprint density at radius 3 is 1.59 bits per heavy atom. The van der Waals surface area contributed by atoms with Crippen LogP contribution in [0.15, 0.2) is 78.9 Å². The van der Waals surface area contributed by atoms with E-state index >= 15 is 0 Å². The van der Waals surface area contributed by atoms with Crippen LogP contribution in [-0.4, -0.2) is 9.52 Å². The Balaban J connectivity index is 1.78. The molecule has 3 rings (SSSR count). The van der Waals surface area contributed by atoms with Crippen molar-refractivity contribution in [2.24, 2.45) is 0 Å². The van der Waals surface area contributed by atoms with Crippen LogP contribution in [0.5, 0.6) is 11.5 Å². The van der Waals surface area contributed by atoms with Gasteiger partial charge in [-0.05, 0) is 23.3 Å². The molecule has 0 saturated heterocycles. The molecule has 5 heteroatoms. The molecule has 0 unspecified atom stereocenters. The van der Waals surface area contributed by atoms with Gasteiger partial charge in [0.1, 0.15) is 28.4 Å². The van der Waals surface area contributed by atoms with Crippen molar-refractivity contribution in [3.8, 4) is 11.5 Å². The van der Waals surface area contributed by atoms with Gasteiger partial charge in [0, 0.05) is 11.6 Å². The maximum atomic E-state index is 12.4. The Kier molecular flexibility index (Phi) is 7.07. The van der Waals surface area contributed by atoms with Gasteiger partial charge in [-0.25, -0.2) is 0 Å². The zero-order valence-electron chi connectivity index (χ0n) is 14.5. The number of halogens is 2. The van der Waals surface area contributed by atoms with Gasteiger partial charge in [0.25, 0.3) is 0 Å². The number of ether oxygens (including phenoxy) is 2. The molecule has 0 aromatic heterocycles. The fourth-order valence-electron chi connectivity index (χ4n) is 2.49. The summed E-state index contributed by atoms with van der Waals surface area (Å²) in [5, 5.41) is 0. The van der Waals surface area contributed by atoms with E-state index in [4.69, 9.17) is 9.47 Å². The predicted molar refractivity (Wildman–Crippen MR) is 114 cm³/mol. The average molecular weight is 490 g/mol. The molecule has 27 heavy (non-hydrogen) atoms. The Bertz CT molecular complexity index is 819. The number of rotatable bonds is 8. The second kappa shape index (κ2) is 9.72. The molecule has 0 aliphatic rings. The predicted octanol–water partition coefficient (Wildman–Crippen LogP) is 6.14. The van der Waals surface area contributed by atoms with E-state index in [1.165, 1.54) is 0 Å². The van der Waals surface area contributed by atoms with Gasteiger partial charge in [0.15, 0.2) is 5.78 Å². The minimum absolute atomic E-state index is 0.0928. The summed E-state index contributed by atoms with van der Waals surface area (Å²) in [6.45, 7) is 0.839. The van der Waals surface area contributed by atoms with Gasteiger partial charge < -0.3 is 9.47 Å². The number of ketones is 1. The minimum atomic E-state index is -0.462. The van der Waals surface area contributed by atoms with E-state index in [2.05, 4.69) is 31.9 Å². The van der Waals surface area contributed by atoms with Gasteiger partial charge >= 0.3 is 0 Å². The number of benzene rings is 3. The van der Waals surface area contributed by atoms with E-state index in [1.54, 1.807) is 18.2 Å². The van der Waals surface area contributed by atoms with Crippen molar-refractivity contribution in [3.05, 3.63) is 95.6 Å². The number of hydrogen-bond acceptors (Lipinski definition) is 3. The van der Waals surface area contributed by atoms with Crippen LogP contribution in [0.1, 0.15) is 21.5 Å². The van der Waals surface area contributed by atoms with Crippen LogP contribution in [0.2, 0.25) is 0 Å². The summed E-state index contributed by atoms with van der Waals surface area (Å²) in [7, 11) is 0. The normalized spacial score (nSPS) is 10.6. The van der Waals surface area contributed by atoms with Crippen molar-refractivity contribution in [1.29, 1.82) is 0 Å². The Morgan fingerprint density at radius 1 is 0.741 bits per heavy atom. The van der Waals surface area contributed by atoms with Gasteiger partial charge in [-0.1, -0.05) is 92.5 Å². The highest BCUT2D eigenvalue weighted by Crippen LogP contribution is 2.27.